The van der Waals surface area contributed by atoms with E-state index in [1.54, 1.807) is 19.1 Å². The van der Waals surface area contributed by atoms with E-state index < -0.39 is 4.92 Å². The van der Waals surface area contributed by atoms with Crippen LogP contribution in [0.1, 0.15) is 24.1 Å². The highest BCUT2D eigenvalue weighted by molar-refractivity contribution is 5.37. The van der Waals surface area contributed by atoms with Crippen LogP contribution in [0, 0.1) is 15.9 Å². The lowest BCUT2D eigenvalue weighted by atomic mass is 10.1. The van der Waals surface area contributed by atoms with Gasteiger partial charge in [-0.1, -0.05) is 12.1 Å². The summed E-state index contributed by atoms with van der Waals surface area (Å²) in [6.45, 7) is 1.88. The maximum absolute atomic E-state index is 13.2. The maximum atomic E-state index is 13.2. The lowest BCUT2D eigenvalue weighted by Crippen LogP contribution is -2.08. The highest BCUT2D eigenvalue weighted by atomic mass is 19.1. The van der Waals surface area contributed by atoms with Gasteiger partial charge in [-0.05, 0) is 30.7 Å². The van der Waals surface area contributed by atoms with Crippen molar-refractivity contribution in [2.45, 2.75) is 19.6 Å². The second-order valence-corrected chi connectivity index (χ2v) is 4.69. The van der Waals surface area contributed by atoms with Gasteiger partial charge in [0.1, 0.15) is 18.2 Å². The van der Waals surface area contributed by atoms with E-state index in [0.29, 0.717) is 16.9 Å². The van der Waals surface area contributed by atoms with Crippen LogP contribution in [0.4, 0.5) is 10.1 Å². The number of nitrogens with zero attached hydrogens (tertiary/aromatic N) is 1. The smallest absolute Gasteiger partial charge is 0.269 e. The first kappa shape index (κ1) is 14.9. The number of benzene rings is 2. The summed E-state index contributed by atoms with van der Waals surface area (Å²) < 4.78 is 18.8. The van der Waals surface area contributed by atoms with Crippen molar-refractivity contribution in [1.82, 2.24) is 0 Å². The van der Waals surface area contributed by atoms with E-state index in [1.807, 2.05) is 0 Å². The van der Waals surface area contributed by atoms with Gasteiger partial charge in [0.25, 0.3) is 5.69 Å². The van der Waals surface area contributed by atoms with Crippen molar-refractivity contribution in [1.29, 1.82) is 0 Å². The van der Waals surface area contributed by atoms with E-state index in [0.717, 1.165) is 0 Å². The molecular formula is C15H15FN2O3. The maximum Gasteiger partial charge on any atom is 0.269 e. The zero-order valence-corrected chi connectivity index (χ0v) is 11.5. The van der Waals surface area contributed by atoms with Crippen molar-refractivity contribution in [2.75, 3.05) is 0 Å². The van der Waals surface area contributed by atoms with Crippen molar-refractivity contribution >= 4 is 5.69 Å². The van der Waals surface area contributed by atoms with Gasteiger partial charge in [0.2, 0.25) is 0 Å². The van der Waals surface area contributed by atoms with Gasteiger partial charge < -0.3 is 10.5 Å². The first-order valence-electron chi connectivity index (χ1n) is 6.38. The van der Waals surface area contributed by atoms with Gasteiger partial charge in [0, 0.05) is 23.7 Å². The third kappa shape index (κ3) is 3.76. The number of nitro groups is 1. The Labute approximate surface area is 121 Å². The quantitative estimate of drug-likeness (QED) is 0.676. The minimum Gasteiger partial charge on any atom is -0.489 e. The van der Waals surface area contributed by atoms with Crippen molar-refractivity contribution < 1.29 is 14.1 Å². The molecule has 0 heterocycles. The molecule has 0 aliphatic rings. The Kier molecular flexibility index (Phi) is 4.49. The van der Waals surface area contributed by atoms with Crippen LogP contribution in [0.3, 0.4) is 0 Å². The van der Waals surface area contributed by atoms with E-state index in [2.05, 4.69) is 0 Å². The number of non-ortho nitro benzene ring substituents is 1. The van der Waals surface area contributed by atoms with Crippen LogP contribution in [-0.2, 0) is 6.61 Å². The standard InChI is InChI=1S/C15H15FN2O3/c1-10(17)14-8-12(16)5-6-15(14)21-9-11-3-2-4-13(7-11)18(19)20/h2-8,10H,9,17H2,1H3. The molecule has 0 spiro atoms. The van der Waals surface area contributed by atoms with E-state index in [4.69, 9.17) is 10.5 Å². The molecule has 0 aliphatic heterocycles. The molecule has 2 aromatic rings. The van der Waals surface area contributed by atoms with Gasteiger partial charge in [-0.2, -0.15) is 0 Å². The van der Waals surface area contributed by atoms with Gasteiger partial charge in [0.15, 0.2) is 0 Å². The molecule has 21 heavy (non-hydrogen) atoms. The number of nitrogens with two attached hydrogens (primary N) is 1. The molecule has 2 rings (SSSR count). The number of hydrogen-bond acceptors (Lipinski definition) is 4. The fraction of sp³-hybridized carbons (Fsp3) is 0.200. The fourth-order valence-electron chi connectivity index (χ4n) is 1.93. The van der Waals surface area contributed by atoms with Crippen LogP contribution >= 0.6 is 0 Å². The minimum atomic E-state index is -0.464. The molecule has 1 atom stereocenters. The number of hydrogen-bond donors (Lipinski definition) is 1. The van der Waals surface area contributed by atoms with Gasteiger partial charge in [-0.25, -0.2) is 4.39 Å². The molecule has 0 aliphatic carbocycles. The zero-order valence-electron chi connectivity index (χ0n) is 11.5. The summed E-state index contributed by atoms with van der Waals surface area (Å²) in [5.41, 5.74) is 7.00. The van der Waals surface area contributed by atoms with E-state index in [9.17, 15) is 14.5 Å². The summed E-state index contributed by atoms with van der Waals surface area (Å²) in [5.74, 6) is 0.0860. The summed E-state index contributed by atoms with van der Waals surface area (Å²) in [7, 11) is 0. The summed E-state index contributed by atoms with van der Waals surface area (Å²) in [6, 6.07) is 9.91. The van der Waals surface area contributed by atoms with Crippen molar-refractivity contribution in [2.24, 2.45) is 5.73 Å². The third-order valence-electron chi connectivity index (χ3n) is 2.98. The monoisotopic (exact) mass is 290 g/mol. The van der Waals surface area contributed by atoms with Crippen molar-refractivity contribution in [3.63, 3.8) is 0 Å². The molecule has 2 aromatic carbocycles. The predicted octanol–water partition coefficient (Wildman–Crippen LogP) is 3.33. The van der Waals surface area contributed by atoms with E-state index in [1.165, 1.54) is 30.3 Å². The number of nitro benzene ring substituents is 1. The van der Waals surface area contributed by atoms with Crippen LogP contribution in [0.2, 0.25) is 0 Å². The van der Waals surface area contributed by atoms with Crippen LogP contribution in [0.15, 0.2) is 42.5 Å². The molecule has 2 N–H and O–H groups in total. The topological polar surface area (TPSA) is 78.4 Å². The average Bonchev–Trinajstić information content (AvgIpc) is 2.46. The first-order valence-corrected chi connectivity index (χ1v) is 6.38. The number of halogens is 1. The van der Waals surface area contributed by atoms with Gasteiger partial charge in [0.05, 0.1) is 4.92 Å². The molecule has 0 bridgehead atoms. The van der Waals surface area contributed by atoms with Crippen molar-refractivity contribution in [3.05, 3.63) is 69.5 Å². The Balaban J connectivity index is 2.16. The van der Waals surface area contributed by atoms with Gasteiger partial charge in [-0.3, -0.25) is 10.1 Å². The molecule has 5 nitrogen and oxygen atoms in total. The highest BCUT2D eigenvalue weighted by Crippen LogP contribution is 2.26. The van der Waals surface area contributed by atoms with Crippen LogP contribution in [0.25, 0.3) is 0 Å². The SMILES string of the molecule is CC(N)c1cc(F)ccc1OCc1cccc([N+](=O)[O-])c1. The lowest BCUT2D eigenvalue weighted by molar-refractivity contribution is -0.384. The summed E-state index contributed by atoms with van der Waals surface area (Å²) in [4.78, 5) is 10.3. The van der Waals surface area contributed by atoms with E-state index >= 15 is 0 Å². The molecule has 0 radical (unpaired) electrons. The zero-order chi connectivity index (χ0) is 15.4. The van der Waals surface area contributed by atoms with Gasteiger partial charge >= 0.3 is 0 Å². The average molecular weight is 290 g/mol. The molecule has 0 saturated heterocycles. The minimum absolute atomic E-state index is 0.00243. The van der Waals surface area contributed by atoms with E-state index in [-0.39, 0.29) is 24.2 Å². The fourth-order valence-corrected chi connectivity index (χ4v) is 1.93. The Morgan fingerprint density at radius 3 is 2.76 bits per heavy atom. The van der Waals surface area contributed by atoms with Gasteiger partial charge in [-0.15, -0.1) is 0 Å². The molecule has 6 heteroatoms. The van der Waals surface area contributed by atoms with Crippen LogP contribution < -0.4 is 10.5 Å². The Hall–Kier alpha value is -2.47. The molecule has 0 fully saturated rings. The summed E-state index contributed by atoms with van der Waals surface area (Å²) >= 11 is 0. The van der Waals surface area contributed by atoms with Crippen molar-refractivity contribution in [3.8, 4) is 5.75 Å². The molecule has 0 amide bonds. The predicted molar refractivity (Wildman–Crippen MR) is 76.4 cm³/mol. The summed E-state index contributed by atoms with van der Waals surface area (Å²) in [5, 5.41) is 10.7. The largest absolute Gasteiger partial charge is 0.489 e. The highest BCUT2D eigenvalue weighted by Gasteiger charge is 2.11. The van der Waals surface area contributed by atoms with Crippen LogP contribution in [-0.4, -0.2) is 4.92 Å². The molecule has 0 saturated carbocycles. The molecule has 110 valence electrons. The number of ether oxygens (including phenoxy) is 1. The molecular weight excluding hydrogens is 275 g/mol. The number of rotatable bonds is 5. The van der Waals surface area contributed by atoms with Crippen LogP contribution in [0.5, 0.6) is 5.75 Å². The summed E-state index contributed by atoms with van der Waals surface area (Å²) in [6.07, 6.45) is 0. The second kappa shape index (κ2) is 6.32. The lowest BCUT2D eigenvalue weighted by Gasteiger charge is -2.14. The third-order valence-corrected chi connectivity index (χ3v) is 2.98. The molecule has 0 aromatic heterocycles. The Bertz CT molecular complexity index is 659. The Morgan fingerprint density at radius 2 is 2.10 bits per heavy atom. The first-order chi connectivity index (χ1) is 9.97. The second-order valence-electron chi connectivity index (χ2n) is 4.69. The Morgan fingerprint density at radius 1 is 1.33 bits per heavy atom. The molecule has 1 unspecified atom stereocenters. The normalized spacial score (nSPS) is 12.0.